The van der Waals surface area contributed by atoms with Crippen molar-refractivity contribution in [3.8, 4) is 0 Å². The summed E-state index contributed by atoms with van der Waals surface area (Å²) in [5.74, 6) is -1.22. The molecule has 1 N–H and O–H groups in total. The average molecular weight is 291 g/mol. The van der Waals surface area contributed by atoms with Crippen LogP contribution in [0.2, 0.25) is 0 Å². The molecule has 6 nitrogen and oxygen atoms in total. The van der Waals surface area contributed by atoms with E-state index in [9.17, 15) is 14.7 Å². The molecule has 0 bridgehead atoms. The van der Waals surface area contributed by atoms with Gasteiger partial charge in [0.1, 0.15) is 16.6 Å². The maximum Gasteiger partial charge on any atom is 0.329 e. The van der Waals surface area contributed by atoms with E-state index in [1.165, 1.54) is 4.90 Å². The molecule has 7 heteroatoms. The van der Waals surface area contributed by atoms with Crippen molar-refractivity contribution < 1.29 is 14.7 Å². The molecule has 20 heavy (non-hydrogen) atoms. The number of benzene rings is 1. The topological polar surface area (TPSA) is 83.4 Å². The molecule has 0 saturated carbocycles. The molecule has 0 spiro atoms. The number of carboxylic acid groups (broad SMARTS) is 1. The fourth-order valence-corrected chi connectivity index (χ4v) is 3.10. The van der Waals surface area contributed by atoms with E-state index in [4.69, 9.17) is 0 Å². The van der Waals surface area contributed by atoms with Gasteiger partial charge in [0.05, 0.1) is 11.7 Å². The number of likely N-dealkylation sites (tertiary alicyclic amines) is 1. The molecule has 1 aliphatic heterocycles. The molecule has 1 aromatic heterocycles. The lowest BCUT2D eigenvalue weighted by Crippen LogP contribution is -2.50. The van der Waals surface area contributed by atoms with Gasteiger partial charge in [0.25, 0.3) is 5.91 Å². The highest BCUT2D eigenvalue weighted by Gasteiger charge is 2.46. The monoisotopic (exact) mass is 291 g/mol. The van der Waals surface area contributed by atoms with E-state index in [-0.39, 0.29) is 5.91 Å². The van der Waals surface area contributed by atoms with E-state index in [1.807, 2.05) is 0 Å². The maximum atomic E-state index is 12.6. The number of carboxylic acids is 1. The minimum Gasteiger partial charge on any atom is -0.480 e. The van der Waals surface area contributed by atoms with E-state index >= 15 is 0 Å². The smallest absolute Gasteiger partial charge is 0.329 e. The Balaban J connectivity index is 1.97. The fraction of sp³-hybridized carbons (Fsp3) is 0.385. The Morgan fingerprint density at radius 2 is 2.10 bits per heavy atom. The van der Waals surface area contributed by atoms with Crippen LogP contribution in [-0.4, -0.2) is 42.7 Å². The molecule has 1 amide bonds. The molecule has 0 aliphatic carbocycles. The molecule has 1 aliphatic rings. The normalized spacial score (nSPS) is 22.4. The van der Waals surface area contributed by atoms with E-state index in [2.05, 4.69) is 8.75 Å². The quantitative estimate of drug-likeness (QED) is 0.911. The second-order valence-corrected chi connectivity index (χ2v) is 5.64. The van der Waals surface area contributed by atoms with Crippen LogP contribution in [0.4, 0.5) is 0 Å². The van der Waals surface area contributed by atoms with Crippen LogP contribution in [0.1, 0.15) is 30.1 Å². The lowest BCUT2D eigenvalue weighted by atomic mass is 9.98. The first kappa shape index (κ1) is 13.0. The van der Waals surface area contributed by atoms with Crippen LogP contribution in [0.25, 0.3) is 11.0 Å². The minimum absolute atomic E-state index is 0.262. The van der Waals surface area contributed by atoms with Crippen LogP contribution in [0.5, 0.6) is 0 Å². The summed E-state index contributed by atoms with van der Waals surface area (Å²) in [6.07, 6.45) is 1.18. The molecule has 1 unspecified atom stereocenters. The highest BCUT2D eigenvalue weighted by atomic mass is 32.1. The molecule has 0 radical (unpaired) electrons. The van der Waals surface area contributed by atoms with Gasteiger partial charge in [-0.2, -0.15) is 8.75 Å². The summed E-state index contributed by atoms with van der Waals surface area (Å²) in [6, 6.07) is 5.08. The number of amides is 1. The Hall–Kier alpha value is -2.02. The van der Waals surface area contributed by atoms with Crippen molar-refractivity contribution in [1.82, 2.24) is 13.6 Å². The van der Waals surface area contributed by atoms with Crippen LogP contribution >= 0.6 is 11.7 Å². The van der Waals surface area contributed by atoms with Crippen molar-refractivity contribution in [1.29, 1.82) is 0 Å². The van der Waals surface area contributed by atoms with E-state index < -0.39 is 11.5 Å². The molecular formula is C13H13N3O3S. The van der Waals surface area contributed by atoms with Gasteiger partial charge >= 0.3 is 5.97 Å². The van der Waals surface area contributed by atoms with Crippen LogP contribution in [0.3, 0.4) is 0 Å². The Bertz CT molecular complexity index is 699. The molecule has 1 atom stereocenters. The first-order chi connectivity index (χ1) is 9.52. The number of carbonyl (C=O) groups excluding carboxylic acids is 1. The standard InChI is InChI=1S/C13H13N3O3S/c1-13(12(18)19)5-2-6-16(13)11(17)8-3-4-9-10(7-8)15-20-14-9/h3-4,7H,2,5-6H2,1H3,(H,18,19). The lowest BCUT2D eigenvalue weighted by molar-refractivity contribution is -0.147. The van der Waals surface area contributed by atoms with Crippen molar-refractivity contribution in [3.63, 3.8) is 0 Å². The van der Waals surface area contributed by atoms with Crippen molar-refractivity contribution in [3.05, 3.63) is 23.8 Å². The highest BCUT2D eigenvalue weighted by molar-refractivity contribution is 7.00. The zero-order valence-corrected chi connectivity index (χ0v) is 11.7. The number of aromatic nitrogens is 2. The van der Waals surface area contributed by atoms with Gasteiger partial charge in [-0.05, 0) is 38.0 Å². The van der Waals surface area contributed by atoms with Crippen molar-refractivity contribution in [2.45, 2.75) is 25.3 Å². The van der Waals surface area contributed by atoms with Crippen LogP contribution in [0.15, 0.2) is 18.2 Å². The summed E-state index contributed by atoms with van der Waals surface area (Å²) in [4.78, 5) is 25.4. The summed E-state index contributed by atoms with van der Waals surface area (Å²) < 4.78 is 8.19. The third-order valence-electron chi connectivity index (χ3n) is 3.85. The van der Waals surface area contributed by atoms with E-state index in [0.29, 0.717) is 30.5 Å². The predicted octanol–water partition coefficient (Wildman–Crippen LogP) is 1.77. The van der Waals surface area contributed by atoms with Gasteiger partial charge in [-0.15, -0.1) is 0 Å². The first-order valence-electron chi connectivity index (χ1n) is 6.30. The van der Waals surface area contributed by atoms with Gasteiger partial charge in [-0.3, -0.25) is 4.79 Å². The number of aliphatic carboxylic acids is 1. The van der Waals surface area contributed by atoms with Crippen LogP contribution in [-0.2, 0) is 4.79 Å². The number of fused-ring (bicyclic) bond motifs is 1. The molecule has 104 valence electrons. The predicted molar refractivity (Wildman–Crippen MR) is 73.7 cm³/mol. The number of hydrogen-bond donors (Lipinski definition) is 1. The number of nitrogens with zero attached hydrogens (tertiary/aromatic N) is 3. The van der Waals surface area contributed by atoms with Gasteiger partial charge in [-0.25, -0.2) is 4.79 Å². The lowest BCUT2D eigenvalue weighted by Gasteiger charge is -2.31. The van der Waals surface area contributed by atoms with Gasteiger partial charge in [0, 0.05) is 12.1 Å². The van der Waals surface area contributed by atoms with E-state index in [1.54, 1.807) is 25.1 Å². The molecule has 2 aromatic rings. The number of rotatable bonds is 2. The summed E-state index contributed by atoms with van der Waals surface area (Å²) in [5, 5.41) is 9.36. The maximum absolute atomic E-state index is 12.6. The molecular weight excluding hydrogens is 278 g/mol. The fourth-order valence-electron chi connectivity index (χ4n) is 2.58. The Kier molecular flexibility index (Phi) is 2.93. The van der Waals surface area contributed by atoms with Gasteiger partial charge in [-0.1, -0.05) is 0 Å². The zero-order chi connectivity index (χ0) is 14.3. The molecule has 1 saturated heterocycles. The van der Waals surface area contributed by atoms with Crippen molar-refractivity contribution >= 4 is 34.6 Å². The van der Waals surface area contributed by atoms with Crippen LogP contribution in [0, 0.1) is 0 Å². The summed E-state index contributed by atoms with van der Waals surface area (Å²) >= 11 is 1.09. The zero-order valence-electron chi connectivity index (χ0n) is 10.9. The van der Waals surface area contributed by atoms with Gasteiger partial charge in [0.15, 0.2) is 0 Å². The Morgan fingerprint density at radius 1 is 1.35 bits per heavy atom. The van der Waals surface area contributed by atoms with Crippen molar-refractivity contribution in [2.75, 3.05) is 6.54 Å². The third kappa shape index (κ3) is 1.85. The largest absolute Gasteiger partial charge is 0.480 e. The van der Waals surface area contributed by atoms with E-state index in [0.717, 1.165) is 17.2 Å². The summed E-state index contributed by atoms with van der Waals surface area (Å²) in [6.45, 7) is 2.07. The average Bonchev–Trinajstić information content (AvgIpc) is 3.03. The molecule has 1 fully saturated rings. The first-order valence-corrected chi connectivity index (χ1v) is 7.03. The number of carbonyl (C=O) groups is 2. The SMILES string of the molecule is CC1(C(=O)O)CCCN1C(=O)c1ccc2nsnc2c1. The van der Waals surface area contributed by atoms with Gasteiger partial charge in [0.2, 0.25) is 0 Å². The molecule has 1 aromatic carbocycles. The third-order valence-corrected chi connectivity index (χ3v) is 4.40. The van der Waals surface area contributed by atoms with Crippen LogP contribution < -0.4 is 0 Å². The Morgan fingerprint density at radius 3 is 2.85 bits per heavy atom. The second kappa shape index (κ2) is 4.52. The van der Waals surface area contributed by atoms with Gasteiger partial charge < -0.3 is 10.0 Å². The number of hydrogen-bond acceptors (Lipinski definition) is 5. The summed E-state index contributed by atoms with van der Waals surface area (Å²) in [7, 11) is 0. The minimum atomic E-state index is -1.12. The second-order valence-electron chi connectivity index (χ2n) is 5.11. The van der Waals surface area contributed by atoms with Crippen molar-refractivity contribution in [2.24, 2.45) is 0 Å². The summed E-state index contributed by atoms with van der Waals surface area (Å²) in [5.41, 5.74) is 0.748. The highest BCUT2D eigenvalue weighted by Crippen LogP contribution is 2.31. The Labute approximate surface area is 119 Å². The molecule has 2 heterocycles. The molecule has 3 rings (SSSR count).